The zero-order valence-corrected chi connectivity index (χ0v) is 17.6. The number of aromatic amines is 1. The topological polar surface area (TPSA) is 180 Å². The first-order valence-electron chi connectivity index (χ1n) is 9.57. The molecule has 3 aromatic rings. The maximum absolute atomic E-state index is 12.6. The van der Waals surface area contributed by atoms with Crippen LogP contribution in [0.3, 0.4) is 0 Å². The van der Waals surface area contributed by atoms with Crippen molar-refractivity contribution in [1.29, 1.82) is 0 Å². The number of hydrogen-bond acceptors (Lipinski definition) is 8. The summed E-state index contributed by atoms with van der Waals surface area (Å²) < 4.78 is 0. The molecule has 1 aromatic heterocycles. The lowest BCUT2D eigenvalue weighted by molar-refractivity contribution is 0.0948. The van der Waals surface area contributed by atoms with Gasteiger partial charge in [-0.2, -0.15) is 10.2 Å². The van der Waals surface area contributed by atoms with Crippen molar-refractivity contribution in [1.82, 2.24) is 15.8 Å². The van der Waals surface area contributed by atoms with Gasteiger partial charge in [0.1, 0.15) is 28.7 Å². The van der Waals surface area contributed by atoms with Crippen molar-refractivity contribution in [2.24, 2.45) is 10.2 Å². The van der Waals surface area contributed by atoms with Gasteiger partial charge in [-0.15, -0.1) is 0 Å². The highest BCUT2D eigenvalue weighted by Gasteiger charge is 2.21. The van der Waals surface area contributed by atoms with Gasteiger partial charge in [0.25, 0.3) is 11.8 Å². The Kier molecular flexibility index (Phi) is 6.63. The number of rotatable bonds is 6. The summed E-state index contributed by atoms with van der Waals surface area (Å²) in [5, 5.41) is 45.7. The molecule has 0 radical (unpaired) electrons. The number of H-pyrrole nitrogens is 1. The number of carbonyl (C=O) groups excluding carboxylic acids is 2. The summed E-state index contributed by atoms with van der Waals surface area (Å²) in [6.07, 6.45) is 2.42. The highest BCUT2D eigenvalue weighted by molar-refractivity contribution is 6.03. The Balaban J connectivity index is 1.69. The SMILES string of the molecule is Cc1[nH]c(C(=O)NN=Cc2ccc(O)cc2O)c(C)c1C(=O)NN=Cc1ccc(O)cc1O. The summed E-state index contributed by atoms with van der Waals surface area (Å²) in [5.41, 5.74) is 6.32. The molecule has 11 heteroatoms. The van der Waals surface area contributed by atoms with Gasteiger partial charge in [-0.3, -0.25) is 9.59 Å². The van der Waals surface area contributed by atoms with Crippen LogP contribution in [0.15, 0.2) is 46.6 Å². The van der Waals surface area contributed by atoms with Crippen molar-refractivity contribution in [3.05, 3.63) is 70.0 Å². The Morgan fingerprint density at radius 2 is 1.30 bits per heavy atom. The number of carbonyl (C=O) groups is 2. The van der Waals surface area contributed by atoms with E-state index in [0.29, 0.717) is 11.3 Å². The second-order valence-electron chi connectivity index (χ2n) is 7.01. The third kappa shape index (κ3) is 5.28. The molecule has 0 aliphatic heterocycles. The number of aryl methyl sites for hydroxylation is 1. The highest BCUT2D eigenvalue weighted by atomic mass is 16.3. The van der Waals surface area contributed by atoms with Crippen LogP contribution in [0.5, 0.6) is 23.0 Å². The normalized spacial score (nSPS) is 11.2. The number of nitrogens with zero attached hydrogens (tertiary/aromatic N) is 2. The molecule has 0 saturated heterocycles. The molecule has 3 rings (SSSR count). The summed E-state index contributed by atoms with van der Waals surface area (Å²) >= 11 is 0. The van der Waals surface area contributed by atoms with Crippen LogP contribution < -0.4 is 10.9 Å². The molecule has 0 aliphatic carbocycles. The third-order valence-electron chi connectivity index (χ3n) is 4.66. The molecule has 7 N–H and O–H groups in total. The largest absolute Gasteiger partial charge is 0.508 e. The number of hydrogen-bond donors (Lipinski definition) is 7. The fourth-order valence-corrected chi connectivity index (χ4v) is 3.03. The number of aromatic nitrogens is 1. The van der Waals surface area contributed by atoms with Crippen molar-refractivity contribution in [3.63, 3.8) is 0 Å². The maximum Gasteiger partial charge on any atom is 0.288 e. The monoisotopic (exact) mass is 451 g/mol. The molecule has 11 nitrogen and oxygen atoms in total. The predicted octanol–water partition coefficient (Wildman–Crippen LogP) is 1.98. The van der Waals surface area contributed by atoms with Crippen LogP contribution in [0.2, 0.25) is 0 Å². The van der Waals surface area contributed by atoms with E-state index in [1.54, 1.807) is 13.8 Å². The lowest BCUT2D eigenvalue weighted by Gasteiger charge is -2.03. The fraction of sp³-hybridized carbons (Fsp3) is 0.0909. The smallest absolute Gasteiger partial charge is 0.288 e. The number of aromatic hydroxyl groups is 4. The first-order chi connectivity index (χ1) is 15.7. The van der Waals surface area contributed by atoms with Crippen molar-refractivity contribution in [2.75, 3.05) is 0 Å². The molecule has 170 valence electrons. The highest BCUT2D eigenvalue weighted by Crippen LogP contribution is 2.22. The first-order valence-corrected chi connectivity index (χ1v) is 9.57. The molecule has 33 heavy (non-hydrogen) atoms. The molecule has 2 aromatic carbocycles. The van der Waals surface area contributed by atoms with Crippen LogP contribution in [0.1, 0.15) is 43.2 Å². The Labute approximate surface area is 187 Å². The summed E-state index contributed by atoms with van der Waals surface area (Å²) in [7, 11) is 0. The molecule has 1 heterocycles. The van der Waals surface area contributed by atoms with Gasteiger partial charge in [-0.1, -0.05) is 0 Å². The third-order valence-corrected chi connectivity index (χ3v) is 4.66. The van der Waals surface area contributed by atoms with Crippen LogP contribution in [0, 0.1) is 13.8 Å². The molecule has 0 fully saturated rings. The Hall–Kier alpha value is -4.80. The molecule has 0 unspecified atom stereocenters. The van der Waals surface area contributed by atoms with Gasteiger partial charge in [-0.25, -0.2) is 10.9 Å². The summed E-state index contributed by atoms with van der Waals surface area (Å²) in [5.74, 6) is -1.82. The van der Waals surface area contributed by atoms with Crippen LogP contribution in [0.4, 0.5) is 0 Å². The number of hydrazone groups is 2. The van der Waals surface area contributed by atoms with E-state index in [1.165, 1.54) is 36.7 Å². The summed E-state index contributed by atoms with van der Waals surface area (Å²) in [6, 6.07) is 7.84. The Morgan fingerprint density at radius 3 is 1.79 bits per heavy atom. The van der Waals surface area contributed by atoms with Gasteiger partial charge in [0, 0.05) is 29.0 Å². The molecule has 0 saturated carbocycles. The summed E-state index contributed by atoms with van der Waals surface area (Å²) in [6.45, 7) is 3.20. The first kappa shape index (κ1) is 22.9. The van der Waals surface area contributed by atoms with E-state index >= 15 is 0 Å². The second-order valence-corrected chi connectivity index (χ2v) is 7.01. The second kappa shape index (κ2) is 9.56. The predicted molar refractivity (Wildman–Crippen MR) is 120 cm³/mol. The van der Waals surface area contributed by atoms with Gasteiger partial charge < -0.3 is 25.4 Å². The van der Waals surface area contributed by atoms with Gasteiger partial charge in [0.05, 0.1) is 18.0 Å². The molecule has 0 aliphatic rings. The summed E-state index contributed by atoms with van der Waals surface area (Å²) in [4.78, 5) is 27.9. The lowest BCUT2D eigenvalue weighted by atomic mass is 10.1. The van der Waals surface area contributed by atoms with Gasteiger partial charge in [0.15, 0.2) is 0 Å². The quantitative estimate of drug-likeness (QED) is 0.222. The van der Waals surface area contributed by atoms with Gasteiger partial charge in [0.2, 0.25) is 0 Å². The molecular weight excluding hydrogens is 430 g/mol. The van der Waals surface area contributed by atoms with Crippen molar-refractivity contribution in [2.45, 2.75) is 13.8 Å². The van der Waals surface area contributed by atoms with Crippen molar-refractivity contribution in [3.8, 4) is 23.0 Å². The standard InChI is InChI=1S/C22H21N5O6/c1-11-19(21(32)26-23-9-13-3-5-15(28)7-17(13)30)12(2)25-20(11)22(33)27-24-10-14-4-6-16(29)8-18(14)31/h3-10,25,28-31H,1-2H3,(H,26,32)(H,27,33). The minimum atomic E-state index is -0.610. The fourth-order valence-electron chi connectivity index (χ4n) is 3.03. The van der Waals surface area contributed by atoms with Crippen molar-refractivity contribution < 1.29 is 30.0 Å². The number of phenolic OH excluding ortho intramolecular Hbond substituents is 4. The van der Waals surface area contributed by atoms with Crippen LogP contribution >= 0.6 is 0 Å². The van der Waals surface area contributed by atoms with E-state index in [1.807, 2.05) is 0 Å². The van der Waals surface area contributed by atoms with E-state index in [2.05, 4.69) is 26.0 Å². The van der Waals surface area contributed by atoms with Gasteiger partial charge in [-0.05, 0) is 43.7 Å². The average Bonchev–Trinajstić information content (AvgIpc) is 3.05. The van der Waals surface area contributed by atoms with E-state index in [9.17, 15) is 30.0 Å². The lowest BCUT2D eigenvalue weighted by Crippen LogP contribution is -2.21. The van der Waals surface area contributed by atoms with E-state index < -0.39 is 11.8 Å². The van der Waals surface area contributed by atoms with Gasteiger partial charge >= 0.3 is 0 Å². The zero-order chi connectivity index (χ0) is 24.1. The van der Waals surface area contributed by atoms with E-state index in [4.69, 9.17) is 0 Å². The molecule has 0 bridgehead atoms. The molecular formula is C22H21N5O6. The number of amides is 2. The number of nitrogens with one attached hydrogen (secondary N) is 3. The number of phenols is 4. The van der Waals surface area contributed by atoms with E-state index in [-0.39, 0.29) is 45.4 Å². The van der Waals surface area contributed by atoms with Crippen LogP contribution in [-0.4, -0.2) is 49.7 Å². The van der Waals surface area contributed by atoms with Crippen LogP contribution in [-0.2, 0) is 0 Å². The maximum atomic E-state index is 12.6. The zero-order valence-electron chi connectivity index (χ0n) is 17.6. The van der Waals surface area contributed by atoms with Crippen molar-refractivity contribution >= 4 is 24.2 Å². The minimum absolute atomic E-state index is 0.109. The average molecular weight is 451 g/mol. The molecule has 2 amide bonds. The Bertz CT molecular complexity index is 1280. The molecule has 0 atom stereocenters. The molecule has 0 spiro atoms. The number of benzene rings is 2. The van der Waals surface area contributed by atoms with E-state index in [0.717, 1.165) is 12.1 Å². The Morgan fingerprint density at radius 1 is 0.818 bits per heavy atom. The minimum Gasteiger partial charge on any atom is -0.508 e. The van der Waals surface area contributed by atoms with Crippen LogP contribution in [0.25, 0.3) is 0 Å².